The average Bonchev–Trinajstić information content (AvgIpc) is 2.55. The minimum Gasteiger partial charge on any atom is -0.354 e. The Hall–Kier alpha value is -0.880. The normalized spacial score (nSPS) is 19.5. The summed E-state index contributed by atoms with van der Waals surface area (Å²) < 4.78 is 1.59. The van der Waals surface area contributed by atoms with Crippen LogP contribution >= 0.6 is 31.9 Å². The molecule has 0 saturated carbocycles. The lowest BCUT2D eigenvalue weighted by Crippen LogP contribution is -2.45. The van der Waals surface area contributed by atoms with E-state index in [1.54, 1.807) is 12.1 Å². The molecule has 1 heterocycles. The van der Waals surface area contributed by atoms with E-state index in [-0.39, 0.29) is 11.8 Å². The molecule has 1 aromatic carbocycles. The van der Waals surface area contributed by atoms with Gasteiger partial charge in [-0.05, 0) is 53.4 Å². The Morgan fingerprint density at radius 3 is 2.84 bits per heavy atom. The van der Waals surface area contributed by atoms with Crippen molar-refractivity contribution in [2.24, 2.45) is 0 Å². The molecule has 2 rings (SSSR count). The molecule has 1 unspecified atom stereocenters. The molecule has 0 spiro atoms. The lowest BCUT2D eigenvalue weighted by atomic mass is 10.1. The second kappa shape index (κ2) is 6.52. The molecule has 6 heteroatoms. The van der Waals surface area contributed by atoms with Crippen LogP contribution in [0.25, 0.3) is 0 Å². The number of carbonyl (C=O) groups is 2. The number of carbonyl (C=O) groups excluding carboxylic acids is 2. The van der Waals surface area contributed by atoms with Gasteiger partial charge in [0.2, 0.25) is 5.91 Å². The first-order chi connectivity index (χ1) is 9.08. The van der Waals surface area contributed by atoms with Gasteiger partial charge in [0.1, 0.15) is 6.04 Å². The minimum atomic E-state index is -0.439. The molecule has 2 amide bonds. The van der Waals surface area contributed by atoms with E-state index in [0.717, 1.165) is 17.3 Å². The van der Waals surface area contributed by atoms with Crippen molar-refractivity contribution >= 4 is 43.7 Å². The van der Waals surface area contributed by atoms with Crippen LogP contribution in [0.15, 0.2) is 27.1 Å². The lowest BCUT2D eigenvalue weighted by Gasteiger charge is -2.15. The Morgan fingerprint density at radius 1 is 1.32 bits per heavy atom. The number of hydrogen-bond acceptors (Lipinski definition) is 2. The number of nitrogens with one attached hydrogen (secondary N) is 2. The summed E-state index contributed by atoms with van der Waals surface area (Å²) in [6, 6.07) is 4.89. The van der Waals surface area contributed by atoms with E-state index >= 15 is 0 Å². The van der Waals surface area contributed by atoms with E-state index in [9.17, 15) is 9.59 Å². The summed E-state index contributed by atoms with van der Waals surface area (Å²) in [7, 11) is 0. The van der Waals surface area contributed by atoms with Crippen molar-refractivity contribution < 1.29 is 9.59 Å². The van der Waals surface area contributed by atoms with E-state index in [2.05, 4.69) is 42.5 Å². The van der Waals surface area contributed by atoms with Crippen LogP contribution in [0, 0.1) is 0 Å². The molecule has 4 nitrogen and oxygen atoms in total. The summed E-state index contributed by atoms with van der Waals surface area (Å²) in [6.45, 7) is 0.688. The Balaban J connectivity index is 2.09. The van der Waals surface area contributed by atoms with Crippen molar-refractivity contribution in [2.45, 2.75) is 25.3 Å². The zero-order valence-corrected chi connectivity index (χ0v) is 13.4. The van der Waals surface area contributed by atoms with Crippen molar-refractivity contribution in [3.8, 4) is 0 Å². The van der Waals surface area contributed by atoms with E-state index in [1.807, 2.05) is 6.07 Å². The number of amides is 2. The van der Waals surface area contributed by atoms with Gasteiger partial charge in [-0.25, -0.2) is 0 Å². The van der Waals surface area contributed by atoms with Gasteiger partial charge < -0.3 is 10.6 Å². The molecule has 1 aliphatic heterocycles. The van der Waals surface area contributed by atoms with Gasteiger partial charge in [-0.15, -0.1) is 0 Å². The van der Waals surface area contributed by atoms with Gasteiger partial charge in [-0.2, -0.15) is 0 Å². The van der Waals surface area contributed by atoms with E-state index in [1.165, 1.54) is 0 Å². The van der Waals surface area contributed by atoms with Gasteiger partial charge in [0.25, 0.3) is 5.91 Å². The molecule has 19 heavy (non-hydrogen) atoms. The predicted octanol–water partition coefficient (Wildman–Crippen LogP) is 2.61. The first-order valence-corrected chi connectivity index (χ1v) is 7.70. The molecule has 1 saturated heterocycles. The van der Waals surface area contributed by atoms with E-state index in [0.29, 0.717) is 23.0 Å². The molecule has 0 aliphatic carbocycles. The van der Waals surface area contributed by atoms with Crippen LogP contribution in [-0.2, 0) is 4.79 Å². The number of rotatable bonds is 2. The van der Waals surface area contributed by atoms with Crippen LogP contribution < -0.4 is 10.6 Å². The predicted molar refractivity (Wildman–Crippen MR) is 80.0 cm³/mol. The maximum Gasteiger partial charge on any atom is 0.253 e. The molecule has 0 aromatic heterocycles. The van der Waals surface area contributed by atoms with Crippen molar-refractivity contribution in [2.75, 3.05) is 6.54 Å². The first-order valence-electron chi connectivity index (χ1n) is 6.11. The third-order valence-electron chi connectivity index (χ3n) is 3.02. The molecule has 1 atom stereocenters. The van der Waals surface area contributed by atoms with Crippen LogP contribution in [0.4, 0.5) is 0 Å². The summed E-state index contributed by atoms with van der Waals surface area (Å²) >= 11 is 6.69. The van der Waals surface area contributed by atoms with Crippen LogP contribution in [-0.4, -0.2) is 24.4 Å². The molecular weight excluding hydrogens is 376 g/mol. The fourth-order valence-electron chi connectivity index (χ4n) is 1.99. The quantitative estimate of drug-likeness (QED) is 0.816. The smallest absolute Gasteiger partial charge is 0.253 e. The number of benzene rings is 1. The monoisotopic (exact) mass is 388 g/mol. The van der Waals surface area contributed by atoms with Gasteiger partial charge >= 0.3 is 0 Å². The molecule has 0 bridgehead atoms. The highest BCUT2D eigenvalue weighted by molar-refractivity contribution is 9.11. The van der Waals surface area contributed by atoms with Gasteiger partial charge in [0.15, 0.2) is 0 Å². The van der Waals surface area contributed by atoms with Crippen LogP contribution in [0.1, 0.15) is 29.6 Å². The second-order valence-electron chi connectivity index (χ2n) is 4.44. The summed E-state index contributed by atoms with van der Waals surface area (Å²) in [5, 5.41) is 5.59. The molecule has 102 valence electrons. The van der Waals surface area contributed by atoms with Crippen molar-refractivity contribution in [1.82, 2.24) is 10.6 Å². The summed E-state index contributed by atoms with van der Waals surface area (Å²) in [6.07, 6.45) is 2.58. The lowest BCUT2D eigenvalue weighted by molar-refractivity contribution is -0.122. The Bertz CT molecular complexity index is 505. The van der Waals surface area contributed by atoms with Gasteiger partial charge in [-0.1, -0.05) is 15.9 Å². The van der Waals surface area contributed by atoms with Gasteiger partial charge in [0.05, 0.1) is 5.56 Å². The zero-order valence-electron chi connectivity index (χ0n) is 10.2. The molecule has 1 aromatic rings. The maximum absolute atomic E-state index is 12.2. The second-order valence-corrected chi connectivity index (χ2v) is 6.21. The first kappa shape index (κ1) is 14.5. The van der Waals surface area contributed by atoms with E-state index < -0.39 is 6.04 Å². The Labute approximate surface area is 128 Å². The highest BCUT2D eigenvalue weighted by Crippen LogP contribution is 2.22. The van der Waals surface area contributed by atoms with Gasteiger partial charge in [0, 0.05) is 15.5 Å². The summed E-state index contributed by atoms with van der Waals surface area (Å²) in [5.41, 5.74) is 0.528. The van der Waals surface area contributed by atoms with Crippen molar-refractivity contribution in [1.29, 1.82) is 0 Å². The molecular formula is C13H14Br2N2O2. The molecule has 0 radical (unpaired) electrons. The fraction of sp³-hybridized carbons (Fsp3) is 0.385. The fourth-order valence-corrected chi connectivity index (χ4v) is 3.21. The van der Waals surface area contributed by atoms with Crippen LogP contribution in [0.2, 0.25) is 0 Å². The minimum absolute atomic E-state index is 0.0981. The van der Waals surface area contributed by atoms with Crippen molar-refractivity contribution in [3.05, 3.63) is 32.7 Å². The largest absolute Gasteiger partial charge is 0.354 e. The highest BCUT2D eigenvalue weighted by Gasteiger charge is 2.23. The van der Waals surface area contributed by atoms with E-state index in [4.69, 9.17) is 0 Å². The highest BCUT2D eigenvalue weighted by atomic mass is 79.9. The molecule has 1 aliphatic rings. The van der Waals surface area contributed by atoms with Crippen LogP contribution in [0.3, 0.4) is 0 Å². The summed E-state index contributed by atoms with van der Waals surface area (Å²) in [5.74, 6) is -0.333. The Morgan fingerprint density at radius 2 is 2.11 bits per heavy atom. The topological polar surface area (TPSA) is 58.2 Å². The average molecular weight is 390 g/mol. The SMILES string of the molecule is O=C(NC1CCCCNC1=O)c1ccc(Br)cc1Br. The Kier molecular flexibility index (Phi) is 4.99. The number of halogens is 2. The molecule has 1 fully saturated rings. The maximum atomic E-state index is 12.2. The third-order valence-corrected chi connectivity index (χ3v) is 4.17. The zero-order chi connectivity index (χ0) is 13.8. The third kappa shape index (κ3) is 3.79. The summed E-state index contributed by atoms with van der Waals surface area (Å²) in [4.78, 5) is 23.9. The number of hydrogen-bond donors (Lipinski definition) is 2. The van der Waals surface area contributed by atoms with Crippen LogP contribution in [0.5, 0.6) is 0 Å². The van der Waals surface area contributed by atoms with Gasteiger partial charge in [-0.3, -0.25) is 9.59 Å². The van der Waals surface area contributed by atoms with Crippen molar-refractivity contribution in [3.63, 3.8) is 0 Å². The molecule has 2 N–H and O–H groups in total. The standard InChI is InChI=1S/C13H14Br2N2O2/c14-8-4-5-9(10(15)7-8)12(18)17-11-3-1-2-6-16-13(11)19/h4-5,7,11H,1-3,6H2,(H,16,19)(H,17,18).